The highest BCUT2D eigenvalue weighted by atomic mass is 16.5. The number of aliphatic carboxylic acids is 1. The molecule has 1 saturated heterocycles. The number of carbonyl (C=O) groups is 3. The van der Waals surface area contributed by atoms with Gasteiger partial charge in [-0.3, -0.25) is 14.4 Å². The quantitative estimate of drug-likeness (QED) is 0.749. The Balaban J connectivity index is 2.12. The average Bonchev–Trinajstić information content (AvgIpc) is 3.02. The van der Waals surface area contributed by atoms with Gasteiger partial charge in [0.25, 0.3) is 0 Å². The number of hydrogen-bond donors (Lipinski definition) is 1. The lowest BCUT2D eigenvalue weighted by Gasteiger charge is -2.24. The Labute approximate surface area is 152 Å². The first-order chi connectivity index (χ1) is 12.4. The van der Waals surface area contributed by atoms with Gasteiger partial charge in [-0.15, -0.1) is 0 Å². The van der Waals surface area contributed by atoms with Crippen molar-refractivity contribution < 1.29 is 29.0 Å². The van der Waals surface area contributed by atoms with Crippen molar-refractivity contribution in [3.63, 3.8) is 0 Å². The van der Waals surface area contributed by atoms with E-state index in [1.807, 2.05) is 0 Å². The molecule has 0 aliphatic carbocycles. The molecule has 8 heteroatoms. The average molecular weight is 364 g/mol. The van der Waals surface area contributed by atoms with Crippen molar-refractivity contribution in [1.82, 2.24) is 4.90 Å². The molecule has 2 rings (SSSR count). The Kier molecular flexibility index (Phi) is 6.43. The SMILES string of the molecule is CCN(CCC(=O)O)C(=O)[C@@H]1CC(=O)N(c2ccc(OC)c(OC)c2)C1. The highest BCUT2D eigenvalue weighted by Gasteiger charge is 2.37. The molecule has 8 nitrogen and oxygen atoms in total. The number of anilines is 1. The third-order valence-corrected chi connectivity index (χ3v) is 4.44. The molecule has 1 aliphatic heterocycles. The second-order valence-electron chi connectivity index (χ2n) is 6.01. The first-order valence-corrected chi connectivity index (χ1v) is 8.44. The number of nitrogens with zero attached hydrogens (tertiary/aromatic N) is 2. The van der Waals surface area contributed by atoms with Crippen LogP contribution in [0.25, 0.3) is 0 Å². The van der Waals surface area contributed by atoms with E-state index in [4.69, 9.17) is 14.6 Å². The summed E-state index contributed by atoms with van der Waals surface area (Å²) in [4.78, 5) is 38.8. The molecule has 0 unspecified atom stereocenters. The van der Waals surface area contributed by atoms with Crippen molar-refractivity contribution in [3.8, 4) is 11.5 Å². The van der Waals surface area contributed by atoms with Crippen LogP contribution in [0.1, 0.15) is 19.8 Å². The van der Waals surface area contributed by atoms with E-state index in [1.165, 1.54) is 19.1 Å². The van der Waals surface area contributed by atoms with Crippen LogP contribution in [0.4, 0.5) is 5.69 Å². The molecule has 2 amide bonds. The molecule has 1 aliphatic rings. The zero-order chi connectivity index (χ0) is 19.3. The molecule has 1 atom stereocenters. The van der Waals surface area contributed by atoms with Gasteiger partial charge in [0.05, 0.1) is 26.6 Å². The molecule has 26 heavy (non-hydrogen) atoms. The molecule has 1 aromatic rings. The van der Waals surface area contributed by atoms with Crippen LogP contribution >= 0.6 is 0 Å². The van der Waals surface area contributed by atoms with Crippen molar-refractivity contribution >= 4 is 23.5 Å². The van der Waals surface area contributed by atoms with Crippen LogP contribution in [0.15, 0.2) is 18.2 Å². The fourth-order valence-corrected chi connectivity index (χ4v) is 3.03. The molecular formula is C18H24N2O6. The minimum absolute atomic E-state index is 0.108. The van der Waals surface area contributed by atoms with Crippen LogP contribution in [-0.4, -0.2) is 61.6 Å². The van der Waals surface area contributed by atoms with Crippen LogP contribution in [0, 0.1) is 5.92 Å². The topological polar surface area (TPSA) is 96.4 Å². The predicted molar refractivity (Wildman–Crippen MR) is 94.5 cm³/mol. The van der Waals surface area contributed by atoms with Crippen LogP contribution < -0.4 is 14.4 Å². The van der Waals surface area contributed by atoms with E-state index in [0.29, 0.717) is 23.7 Å². The third-order valence-electron chi connectivity index (χ3n) is 4.44. The molecule has 1 fully saturated rings. The molecule has 1 aromatic carbocycles. The van der Waals surface area contributed by atoms with Gasteiger partial charge in [0.1, 0.15) is 0 Å². The van der Waals surface area contributed by atoms with Crippen molar-refractivity contribution in [2.45, 2.75) is 19.8 Å². The number of methoxy groups -OCH3 is 2. The lowest BCUT2D eigenvalue weighted by atomic mass is 10.1. The Morgan fingerprint density at radius 1 is 1.27 bits per heavy atom. The third kappa shape index (κ3) is 4.25. The zero-order valence-electron chi connectivity index (χ0n) is 15.2. The molecule has 1 heterocycles. The van der Waals surface area contributed by atoms with Gasteiger partial charge in [-0.25, -0.2) is 0 Å². The maximum Gasteiger partial charge on any atom is 0.305 e. The largest absolute Gasteiger partial charge is 0.493 e. The van der Waals surface area contributed by atoms with Gasteiger partial charge >= 0.3 is 5.97 Å². The number of carbonyl (C=O) groups excluding carboxylic acids is 2. The number of carboxylic acid groups (broad SMARTS) is 1. The number of hydrogen-bond acceptors (Lipinski definition) is 5. The Hall–Kier alpha value is -2.77. The summed E-state index contributed by atoms with van der Waals surface area (Å²) < 4.78 is 10.5. The van der Waals surface area contributed by atoms with Gasteiger partial charge in [0, 0.05) is 37.8 Å². The number of rotatable bonds is 8. The molecule has 0 radical (unpaired) electrons. The number of amides is 2. The molecular weight excluding hydrogens is 340 g/mol. The fraction of sp³-hybridized carbons (Fsp3) is 0.500. The van der Waals surface area contributed by atoms with Crippen LogP contribution in [-0.2, 0) is 14.4 Å². The summed E-state index contributed by atoms with van der Waals surface area (Å²) in [6.07, 6.45) is -0.00358. The lowest BCUT2D eigenvalue weighted by Crippen LogP contribution is -2.38. The maximum atomic E-state index is 12.6. The van der Waals surface area contributed by atoms with E-state index < -0.39 is 11.9 Å². The Morgan fingerprint density at radius 2 is 1.96 bits per heavy atom. The van der Waals surface area contributed by atoms with Gasteiger partial charge in [-0.05, 0) is 19.1 Å². The monoisotopic (exact) mass is 364 g/mol. The second kappa shape index (κ2) is 8.55. The van der Waals surface area contributed by atoms with E-state index in [0.717, 1.165) is 0 Å². The Morgan fingerprint density at radius 3 is 2.54 bits per heavy atom. The zero-order valence-corrected chi connectivity index (χ0v) is 15.2. The summed E-state index contributed by atoms with van der Waals surface area (Å²) in [6, 6.07) is 5.15. The van der Waals surface area contributed by atoms with Gasteiger partial charge in [0.2, 0.25) is 11.8 Å². The molecule has 0 bridgehead atoms. The second-order valence-corrected chi connectivity index (χ2v) is 6.01. The van der Waals surface area contributed by atoms with Crippen LogP contribution in [0.2, 0.25) is 0 Å². The van der Waals surface area contributed by atoms with Crippen molar-refractivity contribution in [2.75, 3.05) is 38.8 Å². The molecule has 0 spiro atoms. The minimum atomic E-state index is -0.953. The molecule has 1 N–H and O–H groups in total. The van der Waals surface area contributed by atoms with Gasteiger partial charge < -0.3 is 24.4 Å². The Bertz CT molecular complexity index is 690. The number of ether oxygens (including phenoxy) is 2. The van der Waals surface area contributed by atoms with E-state index in [1.54, 1.807) is 30.0 Å². The van der Waals surface area contributed by atoms with Gasteiger partial charge in [-0.2, -0.15) is 0 Å². The minimum Gasteiger partial charge on any atom is -0.493 e. The first-order valence-electron chi connectivity index (χ1n) is 8.44. The van der Waals surface area contributed by atoms with Crippen molar-refractivity contribution in [1.29, 1.82) is 0 Å². The molecule has 0 aromatic heterocycles. The summed E-state index contributed by atoms with van der Waals surface area (Å²) in [5, 5.41) is 8.81. The summed E-state index contributed by atoms with van der Waals surface area (Å²) in [5.41, 5.74) is 0.636. The van der Waals surface area contributed by atoms with Crippen molar-refractivity contribution in [3.05, 3.63) is 18.2 Å². The van der Waals surface area contributed by atoms with E-state index in [2.05, 4.69) is 0 Å². The summed E-state index contributed by atoms with van der Waals surface area (Å²) in [5.74, 6) is -0.712. The number of carboxylic acids is 1. The summed E-state index contributed by atoms with van der Waals surface area (Å²) >= 11 is 0. The lowest BCUT2D eigenvalue weighted by molar-refractivity contribution is -0.139. The molecule has 142 valence electrons. The first kappa shape index (κ1) is 19.6. The highest BCUT2D eigenvalue weighted by Crippen LogP contribution is 2.34. The van der Waals surface area contributed by atoms with Crippen LogP contribution in [0.5, 0.6) is 11.5 Å². The smallest absolute Gasteiger partial charge is 0.305 e. The molecule has 0 saturated carbocycles. The summed E-state index contributed by atoms with van der Waals surface area (Å²) in [7, 11) is 3.05. The predicted octanol–water partition coefficient (Wildman–Crippen LogP) is 1.38. The standard InChI is InChI=1S/C18H24N2O6/c1-4-19(8-7-17(22)23)18(24)12-9-16(21)20(11-12)13-5-6-14(25-2)15(10-13)26-3/h5-6,10,12H,4,7-9,11H2,1-3H3,(H,22,23)/t12-/m1/s1. The van der Waals surface area contributed by atoms with Crippen LogP contribution in [0.3, 0.4) is 0 Å². The summed E-state index contributed by atoms with van der Waals surface area (Å²) in [6.45, 7) is 2.61. The highest BCUT2D eigenvalue weighted by molar-refractivity contribution is 6.00. The number of benzene rings is 1. The van der Waals surface area contributed by atoms with Crippen molar-refractivity contribution in [2.24, 2.45) is 5.92 Å². The fourth-order valence-electron chi connectivity index (χ4n) is 3.03. The van der Waals surface area contributed by atoms with E-state index in [-0.39, 0.29) is 37.7 Å². The maximum absolute atomic E-state index is 12.6. The van der Waals surface area contributed by atoms with E-state index in [9.17, 15) is 14.4 Å². The van der Waals surface area contributed by atoms with Gasteiger partial charge in [0.15, 0.2) is 11.5 Å². The normalized spacial score (nSPS) is 16.5. The van der Waals surface area contributed by atoms with Gasteiger partial charge in [-0.1, -0.05) is 0 Å². The van der Waals surface area contributed by atoms with E-state index >= 15 is 0 Å².